The fourth-order valence-corrected chi connectivity index (χ4v) is 3.10. The van der Waals surface area contributed by atoms with Crippen molar-refractivity contribution in [2.24, 2.45) is 0 Å². The molecule has 1 fully saturated rings. The van der Waals surface area contributed by atoms with E-state index in [9.17, 15) is 0 Å². The molecule has 0 amide bonds. The first-order valence-corrected chi connectivity index (χ1v) is 7.63. The molecule has 0 radical (unpaired) electrons. The van der Waals surface area contributed by atoms with Crippen LogP contribution in [0.2, 0.25) is 0 Å². The fourth-order valence-electron chi connectivity index (χ4n) is 2.17. The molecule has 2 heterocycles. The molecule has 0 aliphatic carbocycles. The van der Waals surface area contributed by atoms with Crippen molar-refractivity contribution >= 4 is 11.3 Å². The van der Waals surface area contributed by atoms with Gasteiger partial charge in [-0.3, -0.25) is 0 Å². The lowest BCUT2D eigenvalue weighted by Gasteiger charge is -2.26. The second-order valence-corrected chi connectivity index (χ2v) is 5.58. The van der Waals surface area contributed by atoms with E-state index in [-0.39, 0.29) is 0 Å². The summed E-state index contributed by atoms with van der Waals surface area (Å²) in [5.41, 5.74) is 1.26. The summed E-state index contributed by atoms with van der Waals surface area (Å²) in [6.07, 6.45) is 4.82. The largest absolute Gasteiger partial charge is 0.314 e. The molecule has 1 aliphatic rings. The zero-order valence-corrected chi connectivity index (χ0v) is 11.6. The first-order chi connectivity index (χ1) is 8.38. The number of rotatable bonds is 6. The van der Waals surface area contributed by atoms with Crippen LogP contribution in [-0.2, 0) is 12.8 Å². The van der Waals surface area contributed by atoms with Crippen molar-refractivity contribution < 1.29 is 0 Å². The molecule has 1 aromatic rings. The van der Waals surface area contributed by atoms with Crippen LogP contribution < -0.4 is 5.32 Å². The van der Waals surface area contributed by atoms with Crippen LogP contribution in [-0.4, -0.2) is 42.6 Å². The van der Waals surface area contributed by atoms with E-state index in [1.54, 1.807) is 0 Å². The van der Waals surface area contributed by atoms with Crippen molar-refractivity contribution in [2.45, 2.75) is 32.6 Å². The number of hydrogen-bond donors (Lipinski definition) is 1. The van der Waals surface area contributed by atoms with Gasteiger partial charge in [-0.05, 0) is 32.2 Å². The predicted molar refractivity (Wildman–Crippen MR) is 73.7 cm³/mol. The van der Waals surface area contributed by atoms with Crippen LogP contribution in [0.5, 0.6) is 0 Å². The molecule has 4 heteroatoms. The van der Waals surface area contributed by atoms with Gasteiger partial charge in [-0.1, -0.05) is 6.92 Å². The minimum Gasteiger partial charge on any atom is -0.314 e. The highest BCUT2D eigenvalue weighted by Gasteiger charge is 2.08. The van der Waals surface area contributed by atoms with E-state index >= 15 is 0 Å². The number of hydrogen-bond acceptors (Lipinski definition) is 4. The molecular weight excluding hydrogens is 230 g/mol. The molecule has 0 atom stereocenters. The van der Waals surface area contributed by atoms with Crippen LogP contribution in [0.25, 0.3) is 0 Å². The molecule has 1 N–H and O–H groups in total. The van der Waals surface area contributed by atoms with E-state index in [0.717, 1.165) is 25.9 Å². The monoisotopic (exact) mass is 253 g/mol. The maximum Gasteiger partial charge on any atom is 0.0928 e. The lowest BCUT2D eigenvalue weighted by Crippen LogP contribution is -2.43. The van der Waals surface area contributed by atoms with Gasteiger partial charge in [-0.25, -0.2) is 4.98 Å². The third-order valence-corrected chi connectivity index (χ3v) is 4.24. The quantitative estimate of drug-likeness (QED) is 0.785. The molecular formula is C13H23N3S. The Morgan fingerprint density at radius 3 is 2.88 bits per heavy atom. The molecule has 96 valence electrons. The summed E-state index contributed by atoms with van der Waals surface area (Å²) in [5, 5.41) is 6.91. The molecule has 17 heavy (non-hydrogen) atoms. The summed E-state index contributed by atoms with van der Waals surface area (Å²) in [5.74, 6) is 0. The standard InChI is InChI=1S/C13H23N3S/c1-2-12-11-17-13(15-12)5-3-4-8-16-9-6-14-7-10-16/h11,14H,2-10H2,1H3. The van der Waals surface area contributed by atoms with Gasteiger partial charge in [0.1, 0.15) is 0 Å². The van der Waals surface area contributed by atoms with Gasteiger partial charge in [0.25, 0.3) is 0 Å². The van der Waals surface area contributed by atoms with Crippen LogP contribution in [0.4, 0.5) is 0 Å². The van der Waals surface area contributed by atoms with Gasteiger partial charge in [-0.15, -0.1) is 11.3 Å². The van der Waals surface area contributed by atoms with Crippen LogP contribution in [0.15, 0.2) is 5.38 Å². The Morgan fingerprint density at radius 2 is 2.18 bits per heavy atom. The highest BCUT2D eigenvalue weighted by atomic mass is 32.1. The molecule has 0 saturated carbocycles. The van der Waals surface area contributed by atoms with E-state index < -0.39 is 0 Å². The van der Waals surface area contributed by atoms with Gasteiger partial charge in [0.15, 0.2) is 0 Å². The first kappa shape index (κ1) is 13.0. The lowest BCUT2D eigenvalue weighted by molar-refractivity contribution is 0.237. The maximum absolute atomic E-state index is 4.61. The number of thiazole rings is 1. The Labute approximate surface area is 108 Å². The normalized spacial score (nSPS) is 17.5. The third-order valence-electron chi connectivity index (χ3n) is 3.29. The molecule has 0 unspecified atom stereocenters. The van der Waals surface area contributed by atoms with E-state index in [1.165, 1.54) is 43.2 Å². The average Bonchev–Trinajstić information content (AvgIpc) is 2.84. The molecule has 1 aromatic heterocycles. The van der Waals surface area contributed by atoms with E-state index in [1.807, 2.05) is 11.3 Å². The maximum atomic E-state index is 4.61. The molecule has 1 saturated heterocycles. The Balaban J connectivity index is 1.59. The van der Waals surface area contributed by atoms with Gasteiger partial charge >= 0.3 is 0 Å². The average molecular weight is 253 g/mol. The second-order valence-electron chi connectivity index (χ2n) is 4.63. The molecule has 1 aliphatic heterocycles. The summed E-state index contributed by atoms with van der Waals surface area (Å²) >= 11 is 1.83. The summed E-state index contributed by atoms with van der Waals surface area (Å²) in [6, 6.07) is 0. The van der Waals surface area contributed by atoms with Crippen LogP contribution in [0.1, 0.15) is 30.5 Å². The number of nitrogens with zero attached hydrogens (tertiary/aromatic N) is 2. The topological polar surface area (TPSA) is 28.2 Å². The van der Waals surface area contributed by atoms with E-state index in [4.69, 9.17) is 0 Å². The van der Waals surface area contributed by atoms with Gasteiger partial charge in [0.2, 0.25) is 0 Å². The molecule has 2 rings (SSSR count). The zero-order valence-electron chi connectivity index (χ0n) is 10.7. The highest BCUT2D eigenvalue weighted by Crippen LogP contribution is 2.13. The summed E-state index contributed by atoms with van der Waals surface area (Å²) in [7, 11) is 0. The Bertz CT molecular complexity index is 318. The number of aryl methyl sites for hydroxylation is 2. The summed E-state index contributed by atoms with van der Waals surface area (Å²) < 4.78 is 0. The zero-order chi connectivity index (χ0) is 11.9. The molecule has 3 nitrogen and oxygen atoms in total. The molecule has 0 aromatic carbocycles. The van der Waals surface area contributed by atoms with Gasteiger partial charge in [0, 0.05) is 31.6 Å². The number of nitrogens with one attached hydrogen (secondary N) is 1. The minimum atomic E-state index is 1.07. The van der Waals surface area contributed by atoms with Crippen molar-refractivity contribution in [3.05, 3.63) is 16.1 Å². The van der Waals surface area contributed by atoms with Crippen molar-refractivity contribution in [3.8, 4) is 0 Å². The van der Waals surface area contributed by atoms with Crippen LogP contribution in [0.3, 0.4) is 0 Å². The SMILES string of the molecule is CCc1csc(CCCCN2CCNCC2)n1. The Hall–Kier alpha value is -0.450. The number of piperazine rings is 1. The number of unbranched alkanes of at least 4 members (excludes halogenated alkanes) is 1. The minimum absolute atomic E-state index is 1.07. The summed E-state index contributed by atoms with van der Waals surface area (Å²) in [4.78, 5) is 7.17. The van der Waals surface area contributed by atoms with E-state index in [0.29, 0.717) is 0 Å². The fraction of sp³-hybridized carbons (Fsp3) is 0.769. The predicted octanol–water partition coefficient (Wildman–Crippen LogP) is 1.93. The van der Waals surface area contributed by atoms with E-state index in [2.05, 4.69) is 27.5 Å². The highest BCUT2D eigenvalue weighted by molar-refractivity contribution is 7.09. The molecule has 0 spiro atoms. The lowest BCUT2D eigenvalue weighted by atomic mass is 10.2. The second kappa shape index (κ2) is 7.09. The number of aromatic nitrogens is 1. The molecule has 0 bridgehead atoms. The van der Waals surface area contributed by atoms with Gasteiger partial charge in [0.05, 0.1) is 10.7 Å². The van der Waals surface area contributed by atoms with Crippen molar-refractivity contribution in [1.82, 2.24) is 15.2 Å². The summed E-state index contributed by atoms with van der Waals surface area (Å²) in [6.45, 7) is 8.18. The van der Waals surface area contributed by atoms with Crippen molar-refractivity contribution in [3.63, 3.8) is 0 Å². The first-order valence-electron chi connectivity index (χ1n) is 6.75. The van der Waals surface area contributed by atoms with Crippen molar-refractivity contribution in [2.75, 3.05) is 32.7 Å². The van der Waals surface area contributed by atoms with Gasteiger partial charge in [-0.2, -0.15) is 0 Å². The smallest absolute Gasteiger partial charge is 0.0928 e. The van der Waals surface area contributed by atoms with Crippen molar-refractivity contribution in [1.29, 1.82) is 0 Å². The Kier molecular flexibility index (Phi) is 5.42. The van der Waals surface area contributed by atoms with Crippen LogP contribution >= 0.6 is 11.3 Å². The Morgan fingerprint density at radius 1 is 1.35 bits per heavy atom. The van der Waals surface area contributed by atoms with Crippen LogP contribution in [0, 0.1) is 0 Å². The third kappa shape index (κ3) is 4.37. The van der Waals surface area contributed by atoms with Gasteiger partial charge < -0.3 is 10.2 Å².